The van der Waals surface area contributed by atoms with Crippen LogP contribution >= 0.6 is 11.8 Å². The van der Waals surface area contributed by atoms with Crippen LogP contribution in [-0.4, -0.2) is 20.5 Å². The monoisotopic (exact) mass is 513 g/mol. The summed E-state index contributed by atoms with van der Waals surface area (Å²) in [5.74, 6) is 1.58. The average Bonchev–Trinajstić information content (AvgIpc) is 3.00. The Morgan fingerprint density at radius 1 is 0.526 bits per heavy atom. The molecule has 0 aliphatic carbocycles. The summed E-state index contributed by atoms with van der Waals surface area (Å²) >= 11 is 1.60. The Labute approximate surface area is 228 Å². The minimum atomic E-state index is 0.672. The van der Waals surface area contributed by atoms with Crippen LogP contribution in [-0.2, 0) is 0 Å². The lowest BCUT2D eigenvalue weighted by Crippen LogP contribution is -2.01. The van der Waals surface area contributed by atoms with E-state index in [9.17, 15) is 5.26 Å². The molecule has 4 heteroatoms. The third kappa shape index (κ3) is 4.65. The average molecular weight is 514 g/mol. The first-order chi connectivity index (χ1) is 18.7. The van der Waals surface area contributed by atoms with Crippen molar-refractivity contribution < 1.29 is 9.47 Å². The van der Waals surface area contributed by atoms with E-state index < -0.39 is 0 Å². The number of hydrogen-bond acceptors (Lipinski definition) is 4. The number of nitrogens with zero attached hydrogens (tertiary/aromatic N) is 1. The Morgan fingerprint density at radius 2 is 0.921 bits per heavy atom. The Morgan fingerprint density at radius 3 is 1.34 bits per heavy atom. The molecule has 0 fully saturated rings. The maximum atomic E-state index is 10.6. The number of rotatable bonds is 7. The van der Waals surface area contributed by atoms with Crippen LogP contribution in [0.5, 0.6) is 11.5 Å². The zero-order valence-corrected chi connectivity index (χ0v) is 22.4. The van der Waals surface area contributed by atoms with Crippen molar-refractivity contribution in [3.05, 3.63) is 115 Å². The van der Waals surface area contributed by atoms with Crippen LogP contribution in [0.3, 0.4) is 0 Å². The molecule has 186 valence electrons. The molecule has 0 aromatic heterocycles. The molecule has 0 saturated carbocycles. The van der Waals surface area contributed by atoms with Gasteiger partial charge in [-0.05, 0) is 63.9 Å². The molecule has 0 bridgehead atoms. The van der Waals surface area contributed by atoms with Gasteiger partial charge >= 0.3 is 0 Å². The van der Waals surface area contributed by atoms with Crippen LogP contribution in [0.2, 0.25) is 0 Å². The van der Waals surface area contributed by atoms with Gasteiger partial charge in [-0.1, -0.05) is 84.9 Å². The Balaban J connectivity index is 2.01. The smallest absolute Gasteiger partial charge is 0.118 e. The SMILES string of the molecule is COc1ccc(-c2c(SC)c(C#N)c(-c3ccccc3)c(-c3ccccc3)c2-c2ccc(OC)cc2)cc1. The topological polar surface area (TPSA) is 42.2 Å². The van der Waals surface area contributed by atoms with Gasteiger partial charge in [-0.15, -0.1) is 11.8 Å². The summed E-state index contributed by atoms with van der Waals surface area (Å²) in [7, 11) is 3.34. The minimum Gasteiger partial charge on any atom is -0.497 e. The van der Waals surface area contributed by atoms with Crippen LogP contribution in [0.15, 0.2) is 114 Å². The van der Waals surface area contributed by atoms with Crippen LogP contribution in [0.1, 0.15) is 5.56 Å². The fourth-order valence-corrected chi connectivity index (χ4v) is 5.68. The first-order valence-electron chi connectivity index (χ1n) is 12.3. The van der Waals surface area contributed by atoms with Gasteiger partial charge in [-0.25, -0.2) is 0 Å². The summed E-state index contributed by atoms with van der Waals surface area (Å²) in [5.41, 5.74) is 8.87. The highest BCUT2D eigenvalue weighted by molar-refractivity contribution is 7.98. The first kappa shape index (κ1) is 25.2. The maximum Gasteiger partial charge on any atom is 0.118 e. The molecular weight excluding hydrogens is 486 g/mol. The predicted molar refractivity (Wildman–Crippen MR) is 158 cm³/mol. The second-order valence-electron chi connectivity index (χ2n) is 8.71. The fraction of sp³-hybridized carbons (Fsp3) is 0.0882. The lowest BCUT2D eigenvalue weighted by Gasteiger charge is -2.25. The van der Waals surface area contributed by atoms with E-state index in [4.69, 9.17) is 9.47 Å². The predicted octanol–water partition coefficient (Wildman–Crippen LogP) is 8.97. The largest absolute Gasteiger partial charge is 0.497 e. The standard InChI is InChI=1S/C34H27NO2S/c1-36-27-18-14-25(15-19-27)32-31(24-12-8-5-9-13-24)30(23-10-6-4-7-11-23)29(22-35)34(38-3)33(32)26-16-20-28(37-2)21-17-26/h4-21H,1-3H3. The van der Waals surface area contributed by atoms with Gasteiger partial charge in [0.25, 0.3) is 0 Å². The zero-order chi connectivity index (χ0) is 26.5. The van der Waals surface area contributed by atoms with Crippen LogP contribution in [0.4, 0.5) is 0 Å². The van der Waals surface area contributed by atoms with Gasteiger partial charge in [0.1, 0.15) is 17.6 Å². The molecular formula is C34H27NO2S. The molecule has 0 atom stereocenters. The lowest BCUT2D eigenvalue weighted by molar-refractivity contribution is 0.414. The molecule has 38 heavy (non-hydrogen) atoms. The molecule has 0 aliphatic rings. The third-order valence-electron chi connectivity index (χ3n) is 6.65. The van der Waals surface area contributed by atoms with E-state index in [0.29, 0.717) is 5.56 Å². The summed E-state index contributed by atoms with van der Waals surface area (Å²) < 4.78 is 10.9. The summed E-state index contributed by atoms with van der Waals surface area (Å²) in [6, 6.07) is 39.4. The van der Waals surface area contributed by atoms with E-state index in [1.54, 1.807) is 26.0 Å². The molecule has 0 spiro atoms. The lowest BCUT2D eigenvalue weighted by atomic mass is 9.80. The van der Waals surface area contributed by atoms with Gasteiger partial charge in [0, 0.05) is 16.0 Å². The first-order valence-corrected chi connectivity index (χ1v) is 13.5. The number of hydrogen-bond donors (Lipinski definition) is 0. The van der Waals surface area contributed by atoms with Crippen molar-refractivity contribution in [3.63, 3.8) is 0 Å². The van der Waals surface area contributed by atoms with Crippen molar-refractivity contribution in [2.45, 2.75) is 4.90 Å². The van der Waals surface area contributed by atoms with Gasteiger partial charge in [0.05, 0.1) is 19.8 Å². The molecule has 0 saturated heterocycles. The second kappa shape index (κ2) is 11.3. The molecule has 5 rings (SSSR count). The second-order valence-corrected chi connectivity index (χ2v) is 9.53. The van der Waals surface area contributed by atoms with E-state index in [1.165, 1.54) is 0 Å². The van der Waals surface area contributed by atoms with Crippen molar-refractivity contribution in [3.8, 4) is 62.1 Å². The highest BCUT2D eigenvalue weighted by Gasteiger charge is 2.27. The summed E-state index contributed by atoms with van der Waals surface area (Å²) in [6.07, 6.45) is 2.04. The van der Waals surface area contributed by atoms with Crippen molar-refractivity contribution in [1.82, 2.24) is 0 Å². The van der Waals surface area contributed by atoms with Crippen molar-refractivity contribution in [2.24, 2.45) is 0 Å². The van der Waals surface area contributed by atoms with E-state index >= 15 is 0 Å². The minimum absolute atomic E-state index is 0.672. The van der Waals surface area contributed by atoms with Crippen LogP contribution < -0.4 is 9.47 Å². The molecule has 3 nitrogen and oxygen atoms in total. The number of thioether (sulfide) groups is 1. The van der Waals surface area contributed by atoms with E-state index in [2.05, 4.69) is 54.6 Å². The van der Waals surface area contributed by atoms with Crippen molar-refractivity contribution in [2.75, 3.05) is 20.5 Å². The van der Waals surface area contributed by atoms with E-state index in [-0.39, 0.29) is 0 Å². The summed E-state index contributed by atoms with van der Waals surface area (Å²) in [5, 5.41) is 10.6. The van der Waals surface area contributed by atoms with Crippen molar-refractivity contribution >= 4 is 11.8 Å². The fourth-order valence-electron chi connectivity index (χ4n) is 4.90. The van der Waals surface area contributed by atoms with Gasteiger partial charge in [-0.3, -0.25) is 0 Å². The highest BCUT2D eigenvalue weighted by Crippen LogP contribution is 2.52. The van der Waals surface area contributed by atoms with Gasteiger partial charge in [0.15, 0.2) is 0 Å². The van der Waals surface area contributed by atoms with E-state index in [0.717, 1.165) is 60.9 Å². The molecule has 5 aromatic carbocycles. The van der Waals surface area contributed by atoms with Gasteiger partial charge < -0.3 is 9.47 Å². The highest BCUT2D eigenvalue weighted by atomic mass is 32.2. The molecule has 0 aliphatic heterocycles. The Kier molecular flexibility index (Phi) is 7.49. The summed E-state index contributed by atoms with van der Waals surface area (Å²) in [4.78, 5) is 0.946. The molecule has 5 aromatic rings. The van der Waals surface area contributed by atoms with Crippen LogP contribution in [0, 0.1) is 11.3 Å². The number of benzene rings is 5. The third-order valence-corrected chi connectivity index (χ3v) is 7.47. The normalized spacial score (nSPS) is 10.6. The Hall–Kier alpha value is -4.46. The molecule has 0 radical (unpaired) electrons. The van der Waals surface area contributed by atoms with Gasteiger partial charge in [-0.2, -0.15) is 5.26 Å². The summed E-state index contributed by atoms with van der Waals surface area (Å²) in [6.45, 7) is 0. The number of nitriles is 1. The molecule has 0 amide bonds. The quantitative estimate of drug-likeness (QED) is 0.204. The van der Waals surface area contributed by atoms with Crippen molar-refractivity contribution in [1.29, 1.82) is 5.26 Å². The molecule has 0 heterocycles. The van der Waals surface area contributed by atoms with Gasteiger partial charge in [0.2, 0.25) is 0 Å². The maximum absolute atomic E-state index is 10.6. The Bertz CT molecular complexity index is 1590. The number of methoxy groups -OCH3 is 2. The van der Waals surface area contributed by atoms with E-state index in [1.807, 2.05) is 66.9 Å². The molecule has 0 unspecified atom stereocenters. The molecule has 0 N–H and O–H groups in total. The van der Waals surface area contributed by atoms with Crippen LogP contribution in [0.25, 0.3) is 44.5 Å². The number of ether oxygens (including phenoxy) is 2. The zero-order valence-electron chi connectivity index (χ0n) is 21.6.